The van der Waals surface area contributed by atoms with Gasteiger partial charge in [-0.15, -0.1) is 0 Å². The Balaban J connectivity index is 2.25. The van der Waals surface area contributed by atoms with Crippen LogP contribution in [0.2, 0.25) is 0 Å². The molecule has 1 amide bonds. The van der Waals surface area contributed by atoms with Crippen LogP contribution in [0.4, 0.5) is 10.1 Å². The van der Waals surface area contributed by atoms with Gasteiger partial charge in [0.25, 0.3) is 0 Å². The molecule has 108 valence electrons. The van der Waals surface area contributed by atoms with E-state index < -0.39 is 5.82 Å². The highest BCUT2D eigenvalue weighted by Gasteiger charge is 2.12. The van der Waals surface area contributed by atoms with E-state index >= 15 is 0 Å². The van der Waals surface area contributed by atoms with Crippen molar-refractivity contribution in [1.82, 2.24) is 0 Å². The number of hydrogen-bond acceptors (Lipinski definition) is 3. The lowest BCUT2D eigenvalue weighted by atomic mass is 10.0. The monoisotopic (exact) mass is 287 g/mol. The smallest absolute Gasteiger partial charge is 0.221 e. The van der Waals surface area contributed by atoms with Gasteiger partial charge in [-0.2, -0.15) is 0 Å². The van der Waals surface area contributed by atoms with Gasteiger partial charge in [0.1, 0.15) is 0 Å². The van der Waals surface area contributed by atoms with Crippen molar-refractivity contribution in [2.24, 2.45) is 0 Å². The predicted molar refractivity (Wildman–Crippen MR) is 77.1 cm³/mol. The molecule has 4 nitrogen and oxygen atoms in total. The zero-order chi connectivity index (χ0) is 15.4. The first kappa shape index (κ1) is 14.7. The predicted octanol–water partition coefficient (Wildman–Crippen LogP) is 3.02. The number of carbonyl (C=O) groups is 2. The zero-order valence-corrected chi connectivity index (χ0v) is 11.6. The van der Waals surface area contributed by atoms with Gasteiger partial charge in [-0.25, -0.2) is 4.39 Å². The fraction of sp³-hybridized carbons (Fsp3) is 0.125. The summed E-state index contributed by atoms with van der Waals surface area (Å²) in [4.78, 5) is 23.2. The van der Waals surface area contributed by atoms with Crippen molar-refractivity contribution in [1.29, 1.82) is 0 Å². The van der Waals surface area contributed by atoms with Gasteiger partial charge in [0, 0.05) is 23.7 Å². The Bertz CT molecular complexity index is 680. The van der Waals surface area contributed by atoms with Crippen LogP contribution in [-0.2, 0) is 4.79 Å². The second-order valence-corrected chi connectivity index (χ2v) is 4.44. The summed E-state index contributed by atoms with van der Waals surface area (Å²) >= 11 is 0. The lowest BCUT2D eigenvalue weighted by molar-refractivity contribution is -0.114. The summed E-state index contributed by atoms with van der Waals surface area (Å²) in [6.45, 7) is 1.41. The molecule has 0 saturated carbocycles. The van der Waals surface area contributed by atoms with Crippen LogP contribution in [0.3, 0.4) is 0 Å². The molecule has 0 aromatic heterocycles. The fourth-order valence-electron chi connectivity index (χ4n) is 1.88. The molecule has 0 fully saturated rings. The maximum atomic E-state index is 13.3. The molecule has 2 rings (SSSR count). The van der Waals surface area contributed by atoms with Gasteiger partial charge in [0.15, 0.2) is 17.3 Å². The number of ether oxygens (including phenoxy) is 1. The first-order chi connectivity index (χ1) is 10.0. The van der Waals surface area contributed by atoms with E-state index in [1.54, 1.807) is 24.3 Å². The number of carbonyl (C=O) groups excluding carboxylic acids is 2. The van der Waals surface area contributed by atoms with Crippen LogP contribution in [0, 0.1) is 5.82 Å². The molecule has 0 radical (unpaired) electrons. The van der Waals surface area contributed by atoms with Gasteiger partial charge in [0.2, 0.25) is 5.91 Å². The molecule has 0 unspecified atom stereocenters. The van der Waals surface area contributed by atoms with Crippen molar-refractivity contribution in [3.63, 3.8) is 0 Å². The minimum atomic E-state index is -0.518. The normalized spacial score (nSPS) is 10.0. The van der Waals surface area contributed by atoms with E-state index in [-0.39, 0.29) is 17.4 Å². The molecule has 2 aromatic rings. The van der Waals surface area contributed by atoms with E-state index in [1.165, 1.54) is 32.2 Å². The summed E-state index contributed by atoms with van der Waals surface area (Å²) in [6.07, 6.45) is 0. The average molecular weight is 287 g/mol. The molecule has 0 saturated heterocycles. The molecule has 0 aliphatic carbocycles. The molecule has 5 heteroatoms. The Morgan fingerprint density at radius 1 is 1.05 bits per heavy atom. The lowest BCUT2D eigenvalue weighted by Gasteiger charge is -2.06. The van der Waals surface area contributed by atoms with E-state index in [2.05, 4.69) is 5.32 Å². The standard InChI is InChI=1S/C16H14FNO3/c1-10(19)18-13-6-3-11(4-7-13)16(20)12-5-8-14(17)15(9-12)21-2/h3-9H,1-2H3,(H,18,19). The molecule has 0 spiro atoms. The fourth-order valence-corrected chi connectivity index (χ4v) is 1.88. The van der Waals surface area contributed by atoms with Crippen molar-refractivity contribution in [3.8, 4) is 5.75 Å². The number of benzene rings is 2. The second-order valence-electron chi connectivity index (χ2n) is 4.44. The molecular weight excluding hydrogens is 273 g/mol. The quantitative estimate of drug-likeness (QED) is 0.879. The van der Waals surface area contributed by atoms with E-state index in [9.17, 15) is 14.0 Å². The summed E-state index contributed by atoms with van der Waals surface area (Å²) in [5.41, 5.74) is 1.38. The number of hydrogen-bond donors (Lipinski definition) is 1. The average Bonchev–Trinajstić information content (AvgIpc) is 2.47. The molecule has 0 atom stereocenters. The van der Waals surface area contributed by atoms with E-state index in [0.29, 0.717) is 16.8 Å². The van der Waals surface area contributed by atoms with Gasteiger partial charge in [-0.1, -0.05) is 0 Å². The van der Waals surface area contributed by atoms with Gasteiger partial charge in [-0.3, -0.25) is 9.59 Å². The van der Waals surface area contributed by atoms with Gasteiger partial charge in [0.05, 0.1) is 7.11 Å². The summed E-state index contributed by atoms with van der Waals surface area (Å²) in [7, 11) is 1.34. The van der Waals surface area contributed by atoms with Gasteiger partial charge in [-0.05, 0) is 42.5 Å². The molecule has 21 heavy (non-hydrogen) atoms. The SMILES string of the molecule is COc1cc(C(=O)c2ccc(NC(C)=O)cc2)ccc1F. The maximum absolute atomic E-state index is 13.3. The van der Waals surface area contributed by atoms with Gasteiger partial charge >= 0.3 is 0 Å². The van der Waals surface area contributed by atoms with E-state index in [0.717, 1.165) is 0 Å². The summed E-state index contributed by atoms with van der Waals surface area (Å²) in [6, 6.07) is 10.4. The number of rotatable bonds is 4. The molecule has 0 aliphatic heterocycles. The van der Waals surface area contributed by atoms with Crippen molar-refractivity contribution < 1.29 is 18.7 Å². The van der Waals surface area contributed by atoms with Crippen LogP contribution in [0.5, 0.6) is 5.75 Å². The summed E-state index contributed by atoms with van der Waals surface area (Å²) < 4.78 is 18.2. The van der Waals surface area contributed by atoms with Crippen molar-refractivity contribution in [2.75, 3.05) is 12.4 Å². The number of amides is 1. The highest BCUT2D eigenvalue weighted by atomic mass is 19.1. The Hall–Kier alpha value is -2.69. The molecule has 2 aromatic carbocycles. The molecule has 0 bridgehead atoms. The Morgan fingerprint density at radius 2 is 1.67 bits per heavy atom. The first-order valence-corrected chi connectivity index (χ1v) is 6.27. The number of methoxy groups -OCH3 is 1. The lowest BCUT2D eigenvalue weighted by Crippen LogP contribution is -2.06. The van der Waals surface area contributed by atoms with E-state index in [4.69, 9.17) is 4.74 Å². The highest BCUT2D eigenvalue weighted by Crippen LogP contribution is 2.21. The van der Waals surface area contributed by atoms with Gasteiger partial charge < -0.3 is 10.1 Å². The van der Waals surface area contributed by atoms with E-state index in [1.807, 2.05) is 0 Å². The molecule has 1 N–H and O–H groups in total. The van der Waals surface area contributed by atoms with Crippen LogP contribution in [-0.4, -0.2) is 18.8 Å². The minimum absolute atomic E-state index is 0.0238. The third-order valence-electron chi connectivity index (χ3n) is 2.88. The summed E-state index contributed by atoms with van der Waals surface area (Å²) in [5, 5.41) is 2.62. The molecule has 0 aliphatic rings. The van der Waals surface area contributed by atoms with Crippen molar-refractivity contribution in [3.05, 3.63) is 59.4 Å². The van der Waals surface area contributed by atoms with Crippen LogP contribution >= 0.6 is 0 Å². The van der Waals surface area contributed by atoms with Crippen LogP contribution in [0.25, 0.3) is 0 Å². The van der Waals surface area contributed by atoms with Crippen LogP contribution in [0.1, 0.15) is 22.8 Å². The Labute approximate surface area is 121 Å². The third-order valence-corrected chi connectivity index (χ3v) is 2.88. The third kappa shape index (κ3) is 3.45. The number of nitrogens with one attached hydrogen (secondary N) is 1. The number of ketones is 1. The van der Waals surface area contributed by atoms with Crippen molar-refractivity contribution >= 4 is 17.4 Å². The molecular formula is C16H14FNO3. The zero-order valence-electron chi connectivity index (χ0n) is 11.6. The number of halogens is 1. The topological polar surface area (TPSA) is 55.4 Å². The van der Waals surface area contributed by atoms with Crippen molar-refractivity contribution in [2.45, 2.75) is 6.92 Å². The summed E-state index contributed by atoms with van der Waals surface area (Å²) in [5.74, 6) is -0.925. The largest absolute Gasteiger partial charge is 0.494 e. The van der Waals surface area contributed by atoms with Crippen LogP contribution in [0.15, 0.2) is 42.5 Å². The Morgan fingerprint density at radius 3 is 2.24 bits per heavy atom. The first-order valence-electron chi connectivity index (χ1n) is 6.27. The number of anilines is 1. The molecule has 0 heterocycles. The second kappa shape index (κ2) is 6.17. The maximum Gasteiger partial charge on any atom is 0.221 e. The van der Waals surface area contributed by atoms with Crippen LogP contribution < -0.4 is 10.1 Å². The minimum Gasteiger partial charge on any atom is -0.494 e. The highest BCUT2D eigenvalue weighted by molar-refractivity contribution is 6.09. The Kier molecular flexibility index (Phi) is 4.33.